The van der Waals surface area contributed by atoms with E-state index in [4.69, 9.17) is 26.5 Å². The van der Waals surface area contributed by atoms with Gasteiger partial charge in [-0.3, -0.25) is 26.2 Å². The van der Waals surface area contributed by atoms with Crippen molar-refractivity contribution in [1.82, 2.24) is 15.6 Å². The largest absolute Gasteiger partial charge is 0.444 e. The Labute approximate surface area is 186 Å². The number of nitrogens with zero attached hydrogens (tertiary/aromatic N) is 1. The van der Waals surface area contributed by atoms with E-state index in [0.717, 1.165) is 0 Å². The molecule has 11 heteroatoms. The lowest BCUT2D eigenvalue weighted by Gasteiger charge is -2.21. The molecular formula is C20H28ClN5O5. The van der Waals surface area contributed by atoms with Crippen molar-refractivity contribution in [2.45, 2.75) is 59.2 Å². The summed E-state index contributed by atoms with van der Waals surface area (Å²) in [7, 11) is 0. The van der Waals surface area contributed by atoms with Crippen LogP contribution in [0.25, 0.3) is 0 Å². The highest BCUT2D eigenvalue weighted by molar-refractivity contribution is 6.36. The van der Waals surface area contributed by atoms with Gasteiger partial charge in [0.05, 0.1) is 5.02 Å². The Hall–Kier alpha value is -3.14. The zero-order valence-electron chi connectivity index (χ0n) is 18.4. The highest BCUT2D eigenvalue weighted by Crippen LogP contribution is 2.27. The average Bonchev–Trinajstić information content (AvgIpc) is 2.53. The summed E-state index contributed by atoms with van der Waals surface area (Å²) >= 11 is 6.36. The number of allylic oxidation sites excluding steroid dienone is 1. The molecule has 170 valence electrons. The SMILES string of the molecule is C=CCc1cnc(NC(=O)OC(C)(C)C)c(C(=O)NC(=N)NC(=O)OC(C)(C)C)c1Cl. The Morgan fingerprint density at radius 3 is 2.16 bits per heavy atom. The van der Waals surface area contributed by atoms with Crippen molar-refractivity contribution in [2.75, 3.05) is 5.32 Å². The maximum absolute atomic E-state index is 12.8. The zero-order valence-corrected chi connectivity index (χ0v) is 19.2. The summed E-state index contributed by atoms with van der Waals surface area (Å²) in [6.45, 7) is 13.6. The summed E-state index contributed by atoms with van der Waals surface area (Å²) in [4.78, 5) is 40.8. The van der Waals surface area contributed by atoms with Gasteiger partial charge in [0.15, 0.2) is 0 Å². The molecule has 0 aliphatic heterocycles. The van der Waals surface area contributed by atoms with Gasteiger partial charge in [-0.25, -0.2) is 14.6 Å². The van der Waals surface area contributed by atoms with E-state index in [0.29, 0.717) is 12.0 Å². The lowest BCUT2D eigenvalue weighted by Crippen LogP contribution is -2.45. The lowest BCUT2D eigenvalue weighted by molar-refractivity contribution is 0.0559. The smallest absolute Gasteiger partial charge is 0.414 e. The predicted octanol–water partition coefficient (Wildman–Crippen LogP) is 4.00. The van der Waals surface area contributed by atoms with Crippen molar-refractivity contribution >= 4 is 41.5 Å². The first-order valence-corrected chi connectivity index (χ1v) is 9.69. The number of guanidine groups is 1. The quantitative estimate of drug-likeness (QED) is 0.308. The highest BCUT2D eigenvalue weighted by Gasteiger charge is 2.25. The van der Waals surface area contributed by atoms with Crippen molar-refractivity contribution in [1.29, 1.82) is 5.41 Å². The fraction of sp³-hybridized carbons (Fsp3) is 0.450. The number of anilines is 1. The van der Waals surface area contributed by atoms with Crippen LogP contribution >= 0.6 is 11.6 Å². The summed E-state index contributed by atoms with van der Waals surface area (Å²) in [5.74, 6) is -1.70. The molecule has 31 heavy (non-hydrogen) atoms. The molecule has 0 atom stereocenters. The number of pyridine rings is 1. The molecule has 0 aliphatic carbocycles. The molecule has 0 saturated heterocycles. The molecule has 0 saturated carbocycles. The van der Waals surface area contributed by atoms with Gasteiger partial charge in [0, 0.05) is 6.20 Å². The summed E-state index contributed by atoms with van der Waals surface area (Å²) in [5, 5.41) is 14.4. The molecule has 1 rings (SSSR count). The van der Waals surface area contributed by atoms with Gasteiger partial charge < -0.3 is 9.47 Å². The van der Waals surface area contributed by atoms with Gasteiger partial charge in [-0.2, -0.15) is 0 Å². The number of amides is 3. The highest BCUT2D eigenvalue weighted by atomic mass is 35.5. The summed E-state index contributed by atoms with van der Waals surface area (Å²) in [6, 6.07) is 0. The summed E-state index contributed by atoms with van der Waals surface area (Å²) < 4.78 is 10.2. The Morgan fingerprint density at radius 2 is 1.65 bits per heavy atom. The molecule has 10 nitrogen and oxygen atoms in total. The molecule has 0 bridgehead atoms. The second-order valence-electron chi connectivity index (χ2n) is 8.40. The van der Waals surface area contributed by atoms with Crippen molar-refractivity contribution in [3.8, 4) is 0 Å². The summed E-state index contributed by atoms with van der Waals surface area (Å²) in [6.07, 6.45) is 1.50. The molecule has 0 unspecified atom stereocenters. The zero-order chi connectivity index (χ0) is 24.0. The average molecular weight is 454 g/mol. The lowest BCUT2D eigenvalue weighted by atomic mass is 10.1. The van der Waals surface area contributed by atoms with Gasteiger partial charge in [-0.15, -0.1) is 6.58 Å². The third-order valence-corrected chi connectivity index (χ3v) is 3.59. The minimum atomic E-state index is -0.922. The van der Waals surface area contributed by atoms with Crippen LogP contribution < -0.4 is 16.0 Å². The number of aromatic nitrogens is 1. The van der Waals surface area contributed by atoms with Crippen LogP contribution in [0.1, 0.15) is 57.5 Å². The van der Waals surface area contributed by atoms with Crippen LogP contribution in [0.2, 0.25) is 5.02 Å². The van der Waals surface area contributed by atoms with Crippen molar-refractivity contribution in [3.63, 3.8) is 0 Å². The number of hydrogen-bond acceptors (Lipinski definition) is 7. The fourth-order valence-corrected chi connectivity index (χ4v) is 2.44. The Balaban J connectivity index is 3.12. The van der Waals surface area contributed by atoms with Gasteiger partial charge in [0.1, 0.15) is 22.6 Å². The maximum atomic E-state index is 12.8. The van der Waals surface area contributed by atoms with E-state index >= 15 is 0 Å². The fourth-order valence-electron chi connectivity index (χ4n) is 2.14. The predicted molar refractivity (Wildman–Crippen MR) is 118 cm³/mol. The van der Waals surface area contributed by atoms with E-state index in [9.17, 15) is 14.4 Å². The molecule has 0 aromatic carbocycles. The number of nitrogens with one attached hydrogen (secondary N) is 4. The first-order chi connectivity index (χ1) is 14.1. The number of ether oxygens (including phenoxy) is 2. The minimum absolute atomic E-state index is 0.00327. The number of carbonyl (C=O) groups is 3. The van der Waals surface area contributed by atoms with Crippen LogP contribution in [-0.2, 0) is 15.9 Å². The third kappa shape index (κ3) is 9.04. The molecular weight excluding hydrogens is 426 g/mol. The molecule has 0 aliphatic rings. The second-order valence-corrected chi connectivity index (χ2v) is 8.77. The number of rotatable bonds is 4. The minimum Gasteiger partial charge on any atom is -0.444 e. The standard InChI is InChI=1S/C20H28ClN5O5/c1-8-9-11-10-23-14(24-17(28)30-19(2,3)4)12(13(11)21)15(27)25-16(22)26-18(29)31-20(5,6)7/h8,10H,1,9H2,2-7H3,(H,23,24,28)(H3,22,25,26,27,29). The van der Waals surface area contributed by atoms with Gasteiger partial charge in [0.25, 0.3) is 5.91 Å². The molecule has 0 spiro atoms. The Morgan fingerprint density at radius 1 is 1.10 bits per heavy atom. The van der Waals surface area contributed by atoms with Crippen molar-refractivity contribution in [2.24, 2.45) is 0 Å². The van der Waals surface area contributed by atoms with Crippen LogP contribution in [0.5, 0.6) is 0 Å². The van der Waals surface area contributed by atoms with Gasteiger partial charge >= 0.3 is 12.2 Å². The normalized spacial score (nSPS) is 11.2. The van der Waals surface area contributed by atoms with E-state index in [2.05, 4.69) is 27.5 Å². The van der Waals surface area contributed by atoms with Gasteiger partial charge in [-0.05, 0) is 53.5 Å². The molecule has 1 aromatic heterocycles. The van der Waals surface area contributed by atoms with E-state index < -0.39 is 35.3 Å². The molecule has 0 fully saturated rings. The van der Waals surface area contributed by atoms with Crippen LogP contribution in [0.4, 0.5) is 15.4 Å². The van der Waals surface area contributed by atoms with E-state index in [1.807, 2.05) is 0 Å². The Kier molecular flexibility index (Phi) is 8.56. The van der Waals surface area contributed by atoms with Crippen molar-refractivity contribution < 1.29 is 23.9 Å². The van der Waals surface area contributed by atoms with Crippen LogP contribution in [0.15, 0.2) is 18.9 Å². The molecule has 3 amide bonds. The van der Waals surface area contributed by atoms with E-state index in [-0.39, 0.29) is 16.4 Å². The van der Waals surface area contributed by atoms with Gasteiger partial charge in [0.2, 0.25) is 5.96 Å². The number of carbonyl (C=O) groups excluding carboxylic acids is 3. The topological polar surface area (TPSA) is 142 Å². The third-order valence-electron chi connectivity index (χ3n) is 3.16. The van der Waals surface area contributed by atoms with Crippen LogP contribution in [0, 0.1) is 5.41 Å². The van der Waals surface area contributed by atoms with Crippen LogP contribution in [-0.4, -0.2) is 40.2 Å². The summed E-state index contributed by atoms with van der Waals surface area (Å²) in [5.41, 5.74) is -1.30. The van der Waals surface area contributed by atoms with Gasteiger partial charge in [-0.1, -0.05) is 17.7 Å². The van der Waals surface area contributed by atoms with Crippen molar-refractivity contribution in [3.05, 3.63) is 35.0 Å². The number of halogens is 1. The Bertz CT molecular complexity index is 887. The van der Waals surface area contributed by atoms with E-state index in [1.165, 1.54) is 6.20 Å². The first kappa shape index (κ1) is 25.9. The first-order valence-electron chi connectivity index (χ1n) is 9.31. The number of hydrogen-bond donors (Lipinski definition) is 4. The monoisotopic (exact) mass is 453 g/mol. The van der Waals surface area contributed by atoms with E-state index in [1.54, 1.807) is 47.6 Å². The van der Waals surface area contributed by atoms with Crippen LogP contribution in [0.3, 0.4) is 0 Å². The molecule has 4 N–H and O–H groups in total. The molecule has 0 radical (unpaired) electrons. The molecule has 1 aromatic rings. The second kappa shape index (κ2) is 10.3. The maximum Gasteiger partial charge on any atom is 0.414 e. The molecule has 1 heterocycles. The number of alkyl carbamates (subject to hydrolysis) is 1.